The first kappa shape index (κ1) is 17.5. The normalized spacial score (nSPS) is 26.6. The molecular weight excluding hydrogens is 391 g/mol. The number of nitrogens with zero attached hydrogens (tertiary/aromatic N) is 2. The van der Waals surface area contributed by atoms with Crippen molar-refractivity contribution < 1.29 is 4.74 Å². The van der Waals surface area contributed by atoms with Crippen molar-refractivity contribution in [1.29, 1.82) is 0 Å². The van der Waals surface area contributed by atoms with Crippen LogP contribution in [-0.4, -0.2) is 42.8 Å². The fourth-order valence-electron chi connectivity index (χ4n) is 3.26. The van der Waals surface area contributed by atoms with E-state index < -0.39 is 0 Å². The number of ether oxygens (including phenoxy) is 1. The number of aliphatic imine (C=N–C) groups is 1. The Morgan fingerprint density at radius 3 is 2.95 bits per heavy atom. The van der Waals surface area contributed by atoms with Gasteiger partial charge < -0.3 is 15.4 Å². The summed E-state index contributed by atoms with van der Waals surface area (Å²) in [6.07, 6.45) is 9.07. The Hall–Kier alpha value is -0.890. The minimum absolute atomic E-state index is 0. The summed E-state index contributed by atoms with van der Waals surface area (Å²) in [5.74, 6) is 0.878. The summed E-state index contributed by atoms with van der Waals surface area (Å²) in [6, 6.07) is 2.49. The van der Waals surface area contributed by atoms with E-state index in [9.17, 15) is 0 Å². The predicted octanol–water partition coefficient (Wildman–Crippen LogP) is 2.04. The van der Waals surface area contributed by atoms with Crippen LogP contribution in [0.15, 0.2) is 23.5 Å². The number of aromatic nitrogens is 1. The first-order valence-electron chi connectivity index (χ1n) is 7.78. The van der Waals surface area contributed by atoms with Gasteiger partial charge in [0.1, 0.15) is 0 Å². The minimum atomic E-state index is 0. The van der Waals surface area contributed by atoms with Crippen molar-refractivity contribution in [3.05, 3.63) is 29.6 Å². The molecule has 3 rings (SSSR count). The van der Waals surface area contributed by atoms with E-state index in [0.717, 1.165) is 25.3 Å². The lowest BCUT2D eigenvalue weighted by Gasteiger charge is -2.22. The van der Waals surface area contributed by atoms with Crippen molar-refractivity contribution in [2.75, 3.05) is 13.6 Å². The van der Waals surface area contributed by atoms with Crippen molar-refractivity contribution >= 4 is 29.9 Å². The van der Waals surface area contributed by atoms with Crippen molar-refractivity contribution in [1.82, 2.24) is 15.6 Å². The van der Waals surface area contributed by atoms with E-state index in [1.54, 1.807) is 0 Å². The zero-order chi connectivity index (χ0) is 14.7. The Balaban J connectivity index is 0.00000176. The monoisotopic (exact) mass is 416 g/mol. The Kier molecular flexibility index (Phi) is 6.43. The van der Waals surface area contributed by atoms with Crippen LogP contribution in [0.25, 0.3) is 0 Å². The molecule has 5 nitrogen and oxygen atoms in total. The number of hydrogen-bond acceptors (Lipinski definition) is 3. The van der Waals surface area contributed by atoms with Crippen LogP contribution in [0, 0.1) is 6.92 Å². The van der Waals surface area contributed by atoms with Gasteiger partial charge in [-0.2, -0.15) is 0 Å². The van der Waals surface area contributed by atoms with Gasteiger partial charge in [0.15, 0.2) is 5.96 Å². The maximum absolute atomic E-state index is 5.87. The summed E-state index contributed by atoms with van der Waals surface area (Å²) in [7, 11) is 1.82. The first-order chi connectivity index (χ1) is 10.3. The van der Waals surface area contributed by atoms with E-state index in [1.165, 1.54) is 24.0 Å². The molecule has 2 saturated heterocycles. The Bertz CT molecular complexity index is 523. The van der Waals surface area contributed by atoms with E-state index in [-0.39, 0.29) is 24.0 Å². The van der Waals surface area contributed by atoms with Gasteiger partial charge in [0.2, 0.25) is 0 Å². The largest absolute Gasteiger partial charge is 0.373 e. The van der Waals surface area contributed by atoms with Crippen LogP contribution < -0.4 is 10.6 Å². The average molecular weight is 416 g/mol. The van der Waals surface area contributed by atoms with E-state index in [2.05, 4.69) is 33.6 Å². The molecule has 6 heteroatoms. The molecule has 1 aromatic rings. The van der Waals surface area contributed by atoms with Crippen LogP contribution in [0.1, 0.15) is 30.4 Å². The molecule has 3 heterocycles. The number of fused-ring (bicyclic) bond motifs is 2. The molecule has 0 saturated carbocycles. The van der Waals surface area contributed by atoms with Crippen molar-refractivity contribution in [3.63, 3.8) is 0 Å². The summed E-state index contributed by atoms with van der Waals surface area (Å²) in [5, 5.41) is 6.89. The third-order valence-electron chi connectivity index (χ3n) is 4.47. The van der Waals surface area contributed by atoms with Gasteiger partial charge in [-0.1, -0.05) is 0 Å². The molecule has 0 aromatic carbocycles. The molecule has 1 aromatic heterocycles. The van der Waals surface area contributed by atoms with Gasteiger partial charge in [-0.25, -0.2) is 0 Å². The molecule has 2 aliphatic heterocycles. The molecule has 0 aliphatic carbocycles. The summed E-state index contributed by atoms with van der Waals surface area (Å²) in [4.78, 5) is 8.44. The Morgan fingerprint density at radius 2 is 2.32 bits per heavy atom. The van der Waals surface area contributed by atoms with E-state index in [0.29, 0.717) is 18.2 Å². The molecule has 0 spiro atoms. The highest BCUT2D eigenvalue weighted by Gasteiger charge is 2.41. The molecule has 3 unspecified atom stereocenters. The Labute approximate surface area is 149 Å². The maximum atomic E-state index is 5.87. The van der Waals surface area contributed by atoms with Gasteiger partial charge >= 0.3 is 0 Å². The zero-order valence-electron chi connectivity index (χ0n) is 13.2. The van der Waals surface area contributed by atoms with Crippen LogP contribution in [0.5, 0.6) is 0 Å². The van der Waals surface area contributed by atoms with Gasteiger partial charge in [-0.15, -0.1) is 24.0 Å². The number of pyridine rings is 1. The molecule has 2 bridgehead atoms. The zero-order valence-corrected chi connectivity index (χ0v) is 15.5. The molecule has 0 radical (unpaired) electrons. The molecule has 0 amide bonds. The number of halogens is 1. The highest BCUT2D eigenvalue weighted by molar-refractivity contribution is 14.0. The lowest BCUT2D eigenvalue weighted by Crippen LogP contribution is -2.47. The molecule has 3 atom stereocenters. The summed E-state index contributed by atoms with van der Waals surface area (Å²) in [6.45, 7) is 2.97. The average Bonchev–Trinajstić information content (AvgIpc) is 3.10. The van der Waals surface area contributed by atoms with Gasteiger partial charge in [0.05, 0.1) is 18.2 Å². The van der Waals surface area contributed by atoms with E-state index >= 15 is 0 Å². The third kappa shape index (κ3) is 4.10. The molecular formula is C16H25IN4O. The van der Waals surface area contributed by atoms with Crippen LogP contribution in [0.3, 0.4) is 0 Å². The van der Waals surface area contributed by atoms with Crippen molar-refractivity contribution in [2.24, 2.45) is 4.99 Å². The molecule has 22 heavy (non-hydrogen) atoms. The summed E-state index contributed by atoms with van der Waals surface area (Å²) >= 11 is 0. The van der Waals surface area contributed by atoms with Crippen molar-refractivity contribution in [2.45, 2.75) is 50.9 Å². The maximum Gasteiger partial charge on any atom is 0.191 e. The number of hydrogen-bond donors (Lipinski definition) is 2. The molecule has 122 valence electrons. The Morgan fingerprint density at radius 1 is 1.45 bits per heavy atom. The SMILES string of the molecule is CN=C(NCCc1ccncc1C)NC1CC2CCC1O2.I. The lowest BCUT2D eigenvalue weighted by molar-refractivity contribution is 0.0992. The second kappa shape index (κ2) is 8.10. The summed E-state index contributed by atoms with van der Waals surface area (Å²) in [5.41, 5.74) is 2.57. The fraction of sp³-hybridized carbons (Fsp3) is 0.625. The molecule has 2 N–H and O–H groups in total. The standard InChI is InChI=1S/C16H24N4O.HI/c1-11-10-18-7-5-12(11)6-8-19-16(17-2)20-14-9-13-3-4-15(14)21-13;/h5,7,10,13-15H,3-4,6,8-9H2,1-2H3,(H2,17,19,20);1H. The fourth-order valence-corrected chi connectivity index (χ4v) is 3.26. The highest BCUT2D eigenvalue weighted by Crippen LogP contribution is 2.34. The van der Waals surface area contributed by atoms with Crippen LogP contribution in [-0.2, 0) is 11.2 Å². The predicted molar refractivity (Wildman–Crippen MR) is 98.9 cm³/mol. The number of guanidine groups is 1. The smallest absolute Gasteiger partial charge is 0.191 e. The second-order valence-electron chi connectivity index (χ2n) is 5.91. The first-order valence-corrected chi connectivity index (χ1v) is 7.78. The number of rotatable bonds is 4. The van der Waals surface area contributed by atoms with Crippen molar-refractivity contribution in [3.8, 4) is 0 Å². The minimum Gasteiger partial charge on any atom is -0.373 e. The lowest BCUT2D eigenvalue weighted by atomic mass is 9.96. The quantitative estimate of drug-likeness (QED) is 0.448. The molecule has 2 aliphatic rings. The molecule has 2 fully saturated rings. The van der Waals surface area contributed by atoms with Gasteiger partial charge in [-0.3, -0.25) is 9.98 Å². The van der Waals surface area contributed by atoms with Crippen LogP contribution in [0.2, 0.25) is 0 Å². The highest BCUT2D eigenvalue weighted by atomic mass is 127. The van der Waals surface area contributed by atoms with Gasteiger partial charge in [-0.05, 0) is 49.8 Å². The third-order valence-corrected chi connectivity index (χ3v) is 4.47. The van der Waals surface area contributed by atoms with Crippen LogP contribution in [0.4, 0.5) is 0 Å². The van der Waals surface area contributed by atoms with E-state index in [4.69, 9.17) is 4.74 Å². The number of aryl methyl sites for hydroxylation is 1. The van der Waals surface area contributed by atoms with Gasteiger partial charge in [0.25, 0.3) is 0 Å². The topological polar surface area (TPSA) is 58.5 Å². The van der Waals surface area contributed by atoms with Crippen LogP contribution >= 0.6 is 24.0 Å². The van der Waals surface area contributed by atoms with Gasteiger partial charge in [0, 0.05) is 26.0 Å². The summed E-state index contributed by atoms with van der Waals surface area (Å²) < 4.78 is 5.87. The second-order valence-corrected chi connectivity index (χ2v) is 5.91. The van der Waals surface area contributed by atoms with E-state index in [1.807, 2.05) is 19.4 Å². The number of nitrogens with one attached hydrogen (secondary N) is 2.